The van der Waals surface area contributed by atoms with Gasteiger partial charge in [-0.2, -0.15) is 0 Å². The fourth-order valence-electron chi connectivity index (χ4n) is 3.84. The molecule has 0 bridgehead atoms. The van der Waals surface area contributed by atoms with Crippen molar-refractivity contribution in [1.29, 1.82) is 0 Å². The van der Waals surface area contributed by atoms with E-state index >= 15 is 0 Å². The Hall–Kier alpha value is -2.73. The highest BCUT2D eigenvalue weighted by atomic mass is 19.1. The van der Waals surface area contributed by atoms with Gasteiger partial charge >= 0.3 is 0 Å². The zero-order valence-electron chi connectivity index (χ0n) is 18.8. The van der Waals surface area contributed by atoms with E-state index in [-0.39, 0.29) is 5.91 Å². The maximum atomic E-state index is 13.7. The molecule has 31 heavy (non-hydrogen) atoms. The first-order valence-corrected chi connectivity index (χ1v) is 11.3. The minimum atomic E-state index is -0.398. The average Bonchev–Trinajstić information content (AvgIpc) is 3.10. The quantitative estimate of drug-likeness (QED) is 0.434. The Bertz CT molecular complexity index is 1010. The van der Waals surface area contributed by atoms with Crippen molar-refractivity contribution in [3.63, 3.8) is 0 Å². The number of halogens is 1. The maximum Gasteiger partial charge on any atom is 0.254 e. The Kier molecular flexibility index (Phi) is 8.18. The molecule has 5 nitrogen and oxygen atoms in total. The van der Waals surface area contributed by atoms with E-state index in [0.717, 1.165) is 55.8 Å². The van der Waals surface area contributed by atoms with Crippen molar-refractivity contribution >= 4 is 16.9 Å². The molecule has 0 unspecified atom stereocenters. The molecule has 0 saturated carbocycles. The second-order valence-corrected chi connectivity index (χ2v) is 7.92. The van der Waals surface area contributed by atoms with Crippen molar-refractivity contribution in [2.45, 2.75) is 59.7 Å². The molecule has 0 spiro atoms. The molecule has 2 aromatic carbocycles. The third-order valence-electron chi connectivity index (χ3n) is 5.28. The molecule has 1 N–H and O–H groups in total. The number of nitrogens with zero attached hydrogens (tertiary/aromatic N) is 3. The highest BCUT2D eigenvalue weighted by Gasteiger charge is 2.20. The van der Waals surface area contributed by atoms with Crippen LogP contribution in [0, 0.1) is 5.82 Å². The SMILES string of the molecule is CCCNCc1ccc2c(c1)nc(CN(CCC)C(=O)c1cccc(F)c1)n2CCC. The summed E-state index contributed by atoms with van der Waals surface area (Å²) in [5.74, 6) is 0.305. The minimum absolute atomic E-state index is 0.166. The Labute approximate surface area is 184 Å². The molecule has 1 heterocycles. The number of imidazole rings is 1. The van der Waals surface area contributed by atoms with Crippen LogP contribution in [0.1, 0.15) is 61.8 Å². The Morgan fingerprint density at radius 3 is 2.65 bits per heavy atom. The van der Waals surface area contributed by atoms with E-state index in [0.29, 0.717) is 18.7 Å². The Morgan fingerprint density at radius 2 is 1.94 bits per heavy atom. The van der Waals surface area contributed by atoms with Crippen LogP contribution in [0.15, 0.2) is 42.5 Å². The lowest BCUT2D eigenvalue weighted by atomic mass is 10.2. The summed E-state index contributed by atoms with van der Waals surface area (Å²) in [5.41, 5.74) is 3.62. The molecule has 3 aromatic rings. The number of rotatable bonds is 11. The van der Waals surface area contributed by atoms with E-state index < -0.39 is 5.82 Å². The summed E-state index contributed by atoms with van der Waals surface area (Å²) >= 11 is 0. The van der Waals surface area contributed by atoms with Crippen molar-refractivity contribution in [3.05, 3.63) is 65.2 Å². The number of aryl methyl sites for hydroxylation is 1. The molecule has 166 valence electrons. The van der Waals surface area contributed by atoms with E-state index in [9.17, 15) is 9.18 Å². The standard InChI is InChI=1S/C25H33FN4O/c1-4-12-27-17-19-10-11-23-22(15-19)28-24(30(23)14-6-3)18-29(13-5-2)25(31)20-8-7-9-21(26)16-20/h7-11,15-16,27H,4-6,12-14,17-18H2,1-3H3. The number of fused-ring (bicyclic) bond motifs is 1. The van der Waals surface area contributed by atoms with Crippen LogP contribution in [-0.4, -0.2) is 33.4 Å². The van der Waals surface area contributed by atoms with E-state index in [1.54, 1.807) is 17.0 Å². The lowest BCUT2D eigenvalue weighted by molar-refractivity contribution is 0.0736. The summed E-state index contributed by atoms with van der Waals surface area (Å²) in [4.78, 5) is 19.8. The highest BCUT2D eigenvalue weighted by Crippen LogP contribution is 2.21. The van der Waals surface area contributed by atoms with Crippen molar-refractivity contribution in [3.8, 4) is 0 Å². The lowest BCUT2D eigenvalue weighted by Crippen LogP contribution is -2.32. The van der Waals surface area contributed by atoms with Crippen LogP contribution in [0.5, 0.6) is 0 Å². The molecule has 0 saturated heterocycles. The number of hydrogen-bond acceptors (Lipinski definition) is 3. The predicted molar refractivity (Wildman–Crippen MR) is 123 cm³/mol. The number of carbonyl (C=O) groups excluding carboxylic acids is 1. The lowest BCUT2D eigenvalue weighted by Gasteiger charge is -2.22. The molecule has 1 amide bonds. The smallest absolute Gasteiger partial charge is 0.254 e. The van der Waals surface area contributed by atoms with E-state index in [1.807, 2.05) is 6.92 Å². The van der Waals surface area contributed by atoms with Crippen molar-refractivity contribution < 1.29 is 9.18 Å². The summed E-state index contributed by atoms with van der Waals surface area (Å²) < 4.78 is 15.9. The van der Waals surface area contributed by atoms with Gasteiger partial charge in [-0.15, -0.1) is 0 Å². The highest BCUT2D eigenvalue weighted by molar-refractivity contribution is 5.94. The number of aromatic nitrogens is 2. The van der Waals surface area contributed by atoms with Gasteiger partial charge in [0.1, 0.15) is 11.6 Å². The maximum absolute atomic E-state index is 13.7. The van der Waals surface area contributed by atoms with Gasteiger partial charge in [0.05, 0.1) is 17.6 Å². The van der Waals surface area contributed by atoms with E-state index in [1.165, 1.54) is 17.7 Å². The number of hydrogen-bond donors (Lipinski definition) is 1. The van der Waals surface area contributed by atoms with Gasteiger partial charge in [-0.05, 0) is 61.7 Å². The fourth-order valence-corrected chi connectivity index (χ4v) is 3.84. The Balaban J connectivity index is 1.90. The zero-order valence-corrected chi connectivity index (χ0v) is 18.8. The summed E-state index contributed by atoms with van der Waals surface area (Å²) in [6, 6.07) is 12.3. The molecule has 0 radical (unpaired) electrons. The largest absolute Gasteiger partial charge is 0.331 e. The van der Waals surface area contributed by atoms with E-state index in [2.05, 4.69) is 41.9 Å². The molecule has 0 aliphatic carbocycles. The number of carbonyl (C=O) groups is 1. The van der Waals surface area contributed by atoms with Crippen LogP contribution in [0.25, 0.3) is 11.0 Å². The van der Waals surface area contributed by atoms with Gasteiger partial charge < -0.3 is 14.8 Å². The van der Waals surface area contributed by atoms with Gasteiger partial charge in [0.15, 0.2) is 0 Å². The molecular formula is C25H33FN4O. The van der Waals surface area contributed by atoms with Crippen molar-refractivity contribution in [2.75, 3.05) is 13.1 Å². The van der Waals surface area contributed by atoms with Gasteiger partial charge in [-0.25, -0.2) is 9.37 Å². The normalized spacial score (nSPS) is 11.2. The third-order valence-corrected chi connectivity index (χ3v) is 5.28. The molecular weight excluding hydrogens is 391 g/mol. The molecule has 0 aliphatic heterocycles. The molecule has 1 aromatic heterocycles. The summed E-state index contributed by atoms with van der Waals surface area (Å²) in [6.45, 7) is 9.98. The van der Waals surface area contributed by atoms with Crippen molar-refractivity contribution in [2.24, 2.45) is 0 Å². The molecule has 0 atom stereocenters. The number of nitrogens with one attached hydrogen (secondary N) is 1. The first kappa shape index (κ1) is 22.9. The second-order valence-electron chi connectivity index (χ2n) is 7.92. The van der Waals surface area contributed by atoms with Gasteiger partial charge in [0.25, 0.3) is 5.91 Å². The van der Waals surface area contributed by atoms with Crippen LogP contribution >= 0.6 is 0 Å². The van der Waals surface area contributed by atoms with Gasteiger partial charge in [0.2, 0.25) is 0 Å². The van der Waals surface area contributed by atoms with Gasteiger partial charge in [0, 0.05) is 25.2 Å². The fraction of sp³-hybridized carbons (Fsp3) is 0.440. The number of benzene rings is 2. The van der Waals surface area contributed by atoms with Gasteiger partial charge in [-0.3, -0.25) is 4.79 Å². The van der Waals surface area contributed by atoms with Crippen LogP contribution in [0.3, 0.4) is 0 Å². The summed E-state index contributed by atoms with van der Waals surface area (Å²) in [5, 5.41) is 3.43. The van der Waals surface area contributed by atoms with Crippen LogP contribution in [0.2, 0.25) is 0 Å². The monoisotopic (exact) mass is 424 g/mol. The molecule has 6 heteroatoms. The van der Waals surface area contributed by atoms with Crippen LogP contribution < -0.4 is 5.32 Å². The van der Waals surface area contributed by atoms with E-state index in [4.69, 9.17) is 4.98 Å². The number of amides is 1. The van der Waals surface area contributed by atoms with Crippen molar-refractivity contribution in [1.82, 2.24) is 19.8 Å². The van der Waals surface area contributed by atoms with Crippen LogP contribution in [-0.2, 0) is 19.6 Å². The third kappa shape index (κ3) is 5.70. The van der Waals surface area contributed by atoms with Gasteiger partial charge in [-0.1, -0.05) is 32.9 Å². The summed E-state index contributed by atoms with van der Waals surface area (Å²) in [7, 11) is 0. The Morgan fingerprint density at radius 1 is 1.10 bits per heavy atom. The molecule has 3 rings (SSSR count). The summed E-state index contributed by atoms with van der Waals surface area (Å²) in [6.07, 6.45) is 2.90. The zero-order chi connectivity index (χ0) is 22.2. The predicted octanol–water partition coefficient (Wildman–Crippen LogP) is 5.14. The minimum Gasteiger partial charge on any atom is -0.331 e. The second kappa shape index (κ2) is 11.0. The molecule has 0 aliphatic rings. The average molecular weight is 425 g/mol. The topological polar surface area (TPSA) is 50.2 Å². The first-order valence-electron chi connectivity index (χ1n) is 11.3. The molecule has 0 fully saturated rings. The first-order chi connectivity index (χ1) is 15.1. The van der Waals surface area contributed by atoms with Crippen LogP contribution in [0.4, 0.5) is 4.39 Å².